The van der Waals surface area contributed by atoms with Crippen molar-refractivity contribution in [1.82, 2.24) is 0 Å². The van der Waals surface area contributed by atoms with Gasteiger partial charge in [0.1, 0.15) is 0 Å². The summed E-state index contributed by atoms with van der Waals surface area (Å²) in [6.07, 6.45) is 6.56. The Hall–Kier alpha value is -0.590. The maximum atomic E-state index is 4.76. The molecule has 0 fully saturated rings. The number of hydrogen-bond acceptors (Lipinski definition) is 1. The normalized spacial score (nSPS) is 26.8. The Morgan fingerprint density at radius 1 is 1.15 bits per heavy atom. The van der Waals surface area contributed by atoms with Crippen molar-refractivity contribution in [2.45, 2.75) is 58.4 Å². The molecule has 2 aliphatic rings. The van der Waals surface area contributed by atoms with E-state index in [1.165, 1.54) is 37.8 Å². The standard InChI is InChI=1S/C12H19N/c1-9-11-7-5-4-6-10(11)8-12(2,3)13-9/h4-8H2,1-3H3. The maximum absolute atomic E-state index is 4.76. The van der Waals surface area contributed by atoms with Gasteiger partial charge in [0.25, 0.3) is 0 Å². The van der Waals surface area contributed by atoms with Crippen LogP contribution in [0, 0.1) is 0 Å². The summed E-state index contributed by atoms with van der Waals surface area (Å²) in [5, 5.41) is 0. The number of hydrogen-bond donors (Lipinski definition) is 0. The molecule has 0 aromatic carbocycles. The predicted octanol–water partition coefficient (Wildman–Crippen LogP) is 3.50. The van der Waals surface area contributed by atoms with Gasteiger partial charge in [0.15, 0.2) is 0 Å². The average Bonchev–Trinajstić information content (AvgIpc) is 2.02. The van der Waals surface area contributed by atoms with Gasteiger partial charge in [0.05, 0.1) is 5.54 Å². The topological polar surface area (TPSA) is 12.4 Å². The quantitative estimate of drug-likeness (QED) is 0.537. The Kier molecular flexibility index (Phi) is 2.05. The van der Waals surface area contributed by atoms with Crippen LogP contribution in [0.5, 0.6) is 0 Å². The monoisotopic (exact) mass is 177 g/mol. The highest BCUT2D eigenvalue weighted by Crippen LogP contribution is 2.36. The highest BCUT2D eigenvalue weighted by Gasteiger charge is 2.27. The third-order valence-electron chi connectivity index (χ3n) is 3.14. The van der Waals surface area contributed by atoms with Crippen LogP contribution in [0.1, 0.15) is 52.9 Å². The minimum absolute atomic E-state index is 0.167. The predicted molar refractivity (Wildman–Crippen MR) is 57.3 cm³/mol. The first-order valence-electron chi connectivity index (χ1n) is 5.36. The van der Waals surface area contributed by atoms with E-state index in [9.17, 15) is 0 Å². The lowest BCUT2D eigenvalue weighted by atomic mass is 9.80. The van der Waals surface area contributed by atoms with Gasteiger partial charge in [-0.05, 0) is 58.4 Å². The first-order valence-corrected chi connectivity index (χ1v) is 5.36. The zero-order valence-corrected chi connectivity index (χ0v) is 8.98. The number of dihydropyridines is 1. The van der Waals surface area contributed by atoms with Crippen LogP contribution in [0.2, 0.25) is 0 Å². The van der Waals surface area contributed by atoms with Gasteiger partial charge in [-0.15, -0.1) is 0 Å². The fourth-order valence-corrected chi connectivity index (χ4v) is 2.68. The summed E-state index contributed by atoms with van der Waals surface area (Å²) in [6.45, 7) is 6.67. The Morgan fingerprint density at radius 2 is 1.85 bits per heavy atom. The Morgan fingerprint density at radius 3 is 2.62 bits per heavy atom. The van der Waals surface area contributed by atoms with E-state index in [1.807, 2.05) is 0 Å². The molecule has 0 saturated carbocycles. The number of allylic oxidation sites excluding steroid dienone is 1. The van der Waals surface area contributed by atoms with Gasteiger partial charge < -0.3 is 0 Å². The Labute approximate surface area is 80.9 Å². The first-order chi connectivity index (χ1) is 6.08. The van der Waals surface area contributed by atoms with Gasteiger partial charge in [-0.3, -0.25) is 4.99 Å². The molecule has 0 unspecified atom stereocenters. The second kappa shape index (κ2) is 2.97. The Bertz CT molecular complexity index is 281. The lowest BCUT2D eigenvalue weighted by molar-refractivity contribution is 0.483. The summed E-state index contributed by atoms with van der Waals surface area (Å²) >= 11 is 0. The summed E-state index contributed by atoms with van der Waals surface area (Å²) in [4.78, 5) is 4.76. The van der Waals surface area contributed by atoms with Crippen LogP contribution in [-0.2, 0) is 0 Å². The molecular weight excluding hydrogens is 158 g/mol. The second-order valence-electron chi connectivity index (χ2n) is 4.98. The summed E-state index contributed by atoms with van der Waals surface area (Å²) in [7, 11) is 0. The Balaban J connectivity index is 2.34. The molecule has 0 spiro atoms. The average molecular weight is 177 g/mol. The van der Waals surface area contributed by atoms with Crippen LogP contribution in [0.15, 0.2) is 16.1 Å². The second-order valence-corrected chi connectivity index (χ2v) is 4.98. The van der Waals surface area contributed by atoms with E-state index in [4.69, 9.17) is 4.99 Å². The molecular formula is C12H19N. The van der Waals surface area contributed by atoms with Gasteiger partial charge in [-0.25, -0.2) is 0 Å². The van der Waals surface area contributed by atoms with Crippen molar-refractivity contribution in [3.8, 4) is 0 Å². The zero-order valence-electron chi connectivity index (χ0n) is 8.98. The van der Waals surface area contributed by atoms with Gasteiger partial charge >= 0.3 is 0 Å². The van der Waals surface area contributed by atoms with Crippen molar-refractivity contribution in [3.63, 3.8) is 0 Å². The van der Waals surface area contributed by atoms with Crippen molar-refractivity contribution in [2.24, 2.45) is 4.99 Å². The zero-order chi connectivity index (χ0) is 9.47. The highest BCUT2D eigenvalue weighted by molar-refractivity contribution is 6.00. The third kappa shape index (κ3) is 1.70. The molecule has 72 valence electrons. The van der Waals surface area contributed by atoms with E-state index in [1.54, 1.807) is 11.1 Å². The minimum Gasteiger partial charge on any atom is -0.283 e. The van der Waals surface area contributed by atoms with Crippen molar-refractivity contribution in [2.75, 3.05) is 0 Å². The molecule has 13 heavy (non-hydrogen) atoms. The van der Waals surface area contributed by atoms with E-state index in [-0.39, 0.29) is 5.54 Å². The van der Waals surface area contributed by atoms with E-state index >= 15 is 0 Å². The molecule has 0 N–H and O–H groups in total. The first kappa shape index (κ1) is 8.98. The molecule has 0 saturated heterocycles. The molecule has 1 nitrogen and oxygen atoms in total. The molecule has 0 radical (unpaired) electrons. The van der Waals surface area contributed by atoms with Crippen molar-refractivity contribution >= 4 is 5.71 Å². The molecule has 0 aromatic rings. The number of nitrogens with zero attached hydrogens (tertiary/aromatic N) is 1. The molecule has 0 aromatic heterocycles. The molecule has 1 heterocycles. The fourth-order valence-electron chi connectivity index (χ4n) is 2.68. The molecule has 1 aliphatic heterocycles. The van der Waals surface area contributed by atoms with Gasteiger partial charge in [0, 0.05) is 5.71 Å². The third-order valence-corrected chi connectivity index (χ3v) is 3.14. The van der Waals surface area contributed by atoms with Crippen LogP contribution in [-0.4, -0.2) is 11.3 Å². The van der Waals surface area contributed by atoms with E-state index in [0.29, 0.717) is 0 Å². The smallest absolute Gasteiger partial charge is 0.0592 e. The molecule has 1 aliphatic carbocycles. The number of aliphatic imine (C=N–C) groups is 1. The lowest BCUT2D eigenvalue weighted by Gasteiger charge is -2.32. The van der Waals surface area contributed by atoms with Crippen LogP contribution in [0.25, 0.3) is 0 Å². The number of rotatable bonds is 0. The van der Waals surface area contributed by atoms with Gasteiger partial charge in [-0.2, -0.15) is 0 Å². The minimum atomic E-state index is 0.167. The lowest BCUT2D eigenvalue weighted by Crippen LogP contribution is -2.27. The molecule has 0 bridgehead atoms. The van der Waals surface area contributed by atoms with Crippen molar-refractivity contribution < 1.29 is 0 Å². The van der Waals surface area contributed by atoms with E-state index in [2.05, 4.69) is 20.8 Å². The van der Waals surface area contributed by atoms with Gasteiger partial charge in [-0.1, -0.05) is 5.57 Å². The SMILES string of the molecule is CC1=NC(C)(C)CC2=C1CCCC2. The maximum Gasteiger partial charge on any atom is 0.0592 e. The summed E-state index contributed by atoms with van der Waals surface area (Å²) in [5.41, 5.74) is 4.76. The van der Waals surface area contributed by atoms with Crippen LogP contribution >= 0.6 is 0 Å². The van der Waals surface area contributed by atoms with Crippen LogP contribution in [0.3, 0.4) is 0 Å². The summed E-state index contributed by atoms with van der Waals surface area (Å²) < 4.78 is 0. The van der Waals surface area contributed by atoms with Crippen molar-refractivity contribution in [1.29, 1.82) is 0 Å². The molecule has 0 amide bonds. The van der Waals surface area contributed by atoms with E-state index in [0.717, 1.165) is 0 Å². The fraction of sp³-hybridized carbons (Fsp3) is 0.750. The summed E-state index contributed by atoms with van der Waals surface area (Å²) in [5.74, 6) is 0. The largest absolute Gasteiger partial charge is 0.283 e. The van der Waals surface area contributed by atoms with E-state index < -0.39 is 0 Å². The van der Waals surface area contributed by atoms with Gasteiger partial charge in [0.2, 0.25) is 0 Å². The van der Waals surface area contributed by atoms with Crippen molar-refractivity contribution in [3.05, 3.63) is 11.1 Å². The van der Waals surface area contributed by atoms with Crippen LogP contribution < -0.4 is 0 Å². The summed E-state index contributed by atoms with van der Waals surface area (Å²) in [6, 6.07) is 0. The molecule has 0 atom stereocenters. The molecule has 1 heteroatoms. The van der Waals surface area contributed by atoms with Crippen LogP contribution in [0.4, 0.5) is 0 Å². The highest BCUT2D eigenvalue weighted by atomic mass is 14.9. The molecule has 2 rings (SSSR count).